The second-order valence-electron chi connectivity index (χ2n) is 3.22. The Bertz CT molecular complexity index is 506. The van der Waals surface area contributed by atoms with E-state index >= 15 is 0 Å². The third-order valence-corrected chi connectivity index (χ3v) is 2.81. The van der Waals surface area contributed by atoms with Crippen LogP contribution in [-0.4, -0.2) is 10.9 Å². The van der Waals surface area contributed by atoms with Crippen LogP contribution in [0, 0.1) is 6.92 Å². The monoisotopic (exact) mass is 221 g/mol. The topological polar surface area (TPSA) is 54.0 Å². The van der Waals surface area contributed by atoms with Crippen molar-refractivity contribution in [3.8, 4) is 0 Å². The van der Waals surface area contributed by atoms with Gasteiger partial charge in [-0.25, -0.2) is 4.98 Å². The molecule has 0 saturated carbocycles. The summed E-state index contributed by atoms with van der Waals surface area (Å²) in [6, 6.07) is 5.79. The number of carbonyl (C=O) groups excluding carboxylic acids is 1. The molecule has 78 valence electrons. The molecule has 2 rings (SSSR count). The van der Waals surface area contributed by atoms with E-state index in [1.807, 2.05) is 25.1 Å². The summed E-state index contributed by atoms with van der Waals surface area (Å²) in [5.74, 6) is -0.115. The van der Waals surface area contributed by atoms with Crippen molar-refractivity contribution in [2.75, 3.05) is 5.43 Å². The smallest absolute Gasteiger partial charge is 0.235 e. The molecular formula is C10H11N3OS. The van der Waals surface area contributed by atoms with Gasteiger partial charge in [-0.2, -0.15) is 0 Å². The van der Waals surface area contributed by atoms with Crippen molar-refractivity contribution in [1.29, 1.82) is 0 Å². The minimum absolute atomic E-state index is 0.115. The predicted octanol–water partition coefficient (Wildman–Crippen LogP) is 2.07. The molecule has 0 bridgehead atoms. The van der Waals surface area contributed by atoms with Gasteiger partial charge in [0.05, 0.1) is 20.9 Å². The van der Waals surface area contributed by atoms with E-state index in [2.05, 4.69) is 15.8 Å². The third kappa shape index (κ3) is 2.24. The molecule has 1 aromatic carbocycles. The lowest BCUT2D eigenvalue weighted by Gasteiger charge is -2.05. The maximum Gasteiger partial charge on any atom is 0.235 e. The Morgan fingerprint density at radius 2 is 2.27 bits per heavy atom. The first kappa shape index (κ1) is 9.92. The molecule has 0 fully saturated rings. The number of carbonyl (C=O) groups is 1. The molecule has 0 aliphatic rings. The van der Waals surface area contributed by atoms with E-state index in [0.717, 1.165) is 20.9 Å². The van der Waals surface area contributed by atoms with Gasteiger partial charge in [-0.1, -0.05) is 0 Å². The predicted molar refractivity (Wildman–Crippen MR) is 61.8 cm³/mol. The van der Waals surface area contributed by atoms with Crippen LogP contribution in [0.2, 0.25) is 0 Å². The SMILES string of the molecule is CC(=O)NNc1ccc2nc(C)sc2c1. The number of thiazole rings is 1. The Balaban J connectivity index is 2.26. The Morgan fingerprint density at radius 1 is 1.47 bits per heavy atom. The van der Waals surface area contributed by atoms with Crippen LogP contribution >= 0.6 is 11.3 Å². The average Bonchev–Trinajstić information content (AvgIpc) is 2.53. The molecule has 15 heavy (non-hydrogen) atoms. The first-order chi connectivity index (χ1) is 7.15. The number of rotatable bonds is 2. The Kier molecular flexibility index (Phi) is 2.55. The number of fused-ring (bicyclic) bond motifs is 1. The Labute approximate surface area is 91.3 Å². The van der Waals surface area contributed by atoms with Crippen LogP contribution in [0.25, 0.3) is 10.2 Å². The van der Waals surface area contributed by atoms with Crippen LogP contribution in [0.1, 0.15) is 11.9 Å². The Morgan fingerprint density at radius 3 is 3.00 bits per heavy atom. The molecule has 0 atom stereocenters. The fourth-order valence-electron chi connectivity index (χ4n) is 1.28. The van der Waals surface area contributed by atoms with E-state index in [-0.39, 0.29) is 5.91 Å². The van der Waals surface area contributed by atoms with Crippen molar-refractivity contribution in [1.82, 2.24) is 10.4 Å². The highest BCUT2D eigenvalue weighted by Gasteiger charge is 2.01. The van der Waals surface area contributed by atoms with Gasteiger partial charge in [-0.3, -0.25) is 15.6 Å². The minimum atomic E-state index is -0.115. The molecule has 1 amide bonds. The highest BCUT2D eigenvalue weighted by Crippen LogP contribution is 2.24. The van der Waals surface area contributed by atoms with E-state index in [4.69, 9.17) is 0 Å². The summed E-state index contributed by atoms with van der Waals surface area (Å²) in [6.45, 7) is 3.44. The number of hydrogen-bond acceptors (Lipinski definition) is 4. The van der Waals surface area contributed by atoms with Crippen LogP contribution in [0.3, 0.4) is 0 Å². The zero-order valence-corrected chi connectivity index (χ0v) is 9.31. The molecule has 0 saturated heterocycles. The van der Waals surface area contributed by atoms with Crippen molar-refractivity contribution < 1.29 is 4.79 Å². The lowest BCUT2D eigenvalue weighted by atomic mass is 10.3. The van der Waals surface area contributed by atoms with Gasteiger partial charge in [0, 0.05) is 6.92 Å². The molecule has 4 nitrogen and oxygen atoms in total. The molecular weight excluding hydrogens is 210 g/mol. The van der Waals surface area contributed by atoms with E-state index < -0.39 is 0 Å². The van der Waals surface area contributed by atoms with Crippen LogP contribution in [-0.2, 0) is 4.79 Å². The van der Waals surface area contributed by atoms with Crippen LogP contribution < -0.4 is 10.9 Å². The number of hydrogen-bond donors (Lipinski definition) is 2. The van der Waals surface area contributed by atoms with E-state index in [0.29, 0.717) is 0 Å². The first-order valence-electron chi connectivity index (χ1n) is 4.55. The van der Waals surface area contributed by atoms with Crippen LogP contribution in [0.4, 0.5) is 5.69 Å². The second kappa shape index (κ2) is 3.86. The highest BCUT2D eigenvalue weighted by atomic mass is 32.1. The van der Waals surface area contributed by atoms with E-state index in [1.165, 1.54) is 6.92 Å². The molecule has 5 heteroatoms. The fraction of sp³-hybridized carbons (Fsp3) is 0.200. The lowest BCUT2D eigenvalue weighted by Crippen LogP contribution is -2.26. The van der Waals surface area contributed by atoms with E-state index in [9.17, 15) is 4.79 Å². The zero-order valence-electron chi connectivity index (χ0n) is 8.50. The molecule has 0 radical (unpaired) electrons. The summed E-state index contributed by atoms with van der Waals surface area (Å²) in [5.41, 5.74) is 7.21. The van der Waals surface area contributed by atoms with Gasteiger partial charge in [0.15, 0.2) is 0 Å². The van der Waals surface area contributed by atoms with Crippen molar-refractivity contribution in [2.45, 2.75) is 13.8 Å². The fourth-order valence-corrected chi connectivity index (χ4v) is 2.14. The quantitative estimate of drug-likeness (QED) is 0.763. The summed E-state index contributed by atoms with van der Waals surface area (Å²) < 4.78 is 1.11. The molecule has 1 aromatic heterocycles. The Hall–Kier alpha value is -1.62. The molecule has 0 aliphatic heterocycles. The van der Waals surface area contributed by atoms with Crippen LogP contribution in [0.5, 0.6) is 0 Å². The highest BCUT2D eigenvalue weighted by molar-refractivity contribution is 7.18. The summed E-state index contributed by atoms with van der Waals surface area (Å²) in [4.78, 5) is 15.1. The molecule has 2 aromatic rings. The van der Waals surface area contributed by atoms with Crippen molar-refractivity contribution >= 4 is 33.1 Å². The number of nitrogens with zero attached hydrogens (tertiary/aromatic N) is 1. The lowest BCUT2D eigenvalue weighted by molar-refractivity contribution is -0.118. The first-order valence-corrected chi connectivity index (χ1v) is 5.36. The van der Waals surface area contributed by atoms with Crippen molar-refractivity contribution in [3.63, 3.8) is 0 Å². The third-order valence-electron chi connectivity index (χ3n) is 1.88. The van der Waals surface area contributed by atoms with Gasteiger partial charge in [0.2, 0.25) is 5.91 Å². The largest absolute Gasteiger partial charge is 0.299 e. The minimum Gasteiger partial charge on any atom is -0.299 e. The zero-order chi connectivity index (χ0) is 10.8. The van der Waals surface area contributed by atoms with E-state index in [1.54, 1.807) is 11.3 Å². The number of nitrogens with one attached hydrogen (secondary N) is 2. The summed E-state index contributed by atoms with van der Waals surface area (Å²) >= 11 is 1.64. The molecule has 0 spiro atoms. The van der Waals surface area contributed by atoms with Gasteiger partial charge < -0.3 is 0 Å². The van der Waals surface area contributed by atoms with Gasteiger partial charge in [-0.15, -0.1) is 11.3 Å². The number of aromatic nitrogens is 1. The van der Waals surface area contributed by atoms with Crippen LogP contribution in [0.15, 0.2) is 18.2 Å². The normalized spacial score (nSPS) is 10.3. The standard InChI is InChI=1S/C10H11N3OS/c1-6(14)12-13-8-3-4-9-10(5-8)15-7(2)11-9/h3-5,13H,1-2H3,(H,12,14). The summed E-state index contributed by atoms with van der Waals surface area (Å²) in [5, 5.41) is 1.04. The van der Waals surface area contributed by atoms with Gasteiger partial charge in [0.25, 0.3) is 0 Å². The molecule has 2 N–H and O–H groups in total. The van der Waals surface area contributed by atoms with Gasteiger partial charge in [0.1, 0.15) is 0 Å². The summed E-state index contributed by atoms with van der Waals surface area (Å²) in [6.07, 6.45) is 0. The van der Waals surface area contributed by atoms with Gasteiger partial charge >= 0.3 is 0 Å². The summed E-state index contributed by atoms with van der Waals surface area (Å²) in [7, 11) is 0. The number of anilines is 1. The van der Waals surface area contributed by atoms with Gasteiger partial charge in [-0.05, 0) is 25.1 Å². The number of amides is 1. The molecule has 0 aliphatic carbocycles. The maximum atomic E-state index is 10.7. The number of hydrazine groups is 1. The molecule has 0 unspecified atom stereocenters. The number of aryl methyl sites for hydroxylation is 1. The molecule has 1 heterocycles. The number of benzene rings is 1. The maximum absolute atomic E-state index is 10.7. The average molecular weight is 221 g/mol. The second-order valence-corrected chi connectivity index (χ2v) is 4.46. The van der Waals surface area contributed by atoms with Crippen molar-refractivity contribution in [3.05, 3.63) is 23.2 Å². The van der Waals surface area contributed by atoms with Crippen molar-refractivity contribution in [2.24, 2.45) is 0 Å².